The molecule has 0 radical (unpaired) electrons. The lowest BCUT2D eigenvalue weighted by atomic mass is 10.1. The van der Waals surface area contributed by atoms with Crippen molar-refractivity contribution in [3.8, 4) is 0 Å². The number of hydrogen-bond donors (Lipinski definition) is 3. The van der Waals surface area contributed by atoms with Gasteiger partial charge in [-0.3, -0.25) is 5.10 Å². The molecule has 1 saturated heterocycles. The molecule has 4 N–H and O–H groups in total. The Morgan fingerprint density at radius 3 is 2.81 bits per heavy atom. The smallest absolute Gasteiger partial charge is 0.248 e. The second-order valence-electron chi connectivity index (χ2n) is 4.23. The van der Waals surface area contributed by atoms with Crippen LogP contribution in [0.1, 0.15) is 13.3 Å². The van der Waals surface area contributed by atoms with Gasteiger partial charge in [0.2, 0.25) is 10.0 Å². The van der Waals surface area contributed by atoms with Crippen molar-refractivity contribution in [1.82, 2.24) is 14.5 Å². The van der Waals surface area contributed by atoms with Crippen LogP contribution in [0.15, 0.2) is 11.1 Å². The zero-order valence-corrected chi connectivity index (χ0v) is 9.66. The Labute approximate surface area is 93.3 Å². The summed E-state index contributed by atoms with van der Waals surface area (Å²) >= 11 is 0. The number of sulfonamides is 1. The van der Waals surface area contributed by atoms with E-state index < -0.39 is 15.6 Å². The van der Waals surface area contributed by atoms with Gasteiger partial charge in [-0.25, -0.2) is 8.42 Å². The molecule has 1 unspecified atom stereocenters. The first-order valence-electron chi connectivity index (χ1n) is 4.84. The number of nitrogens with one attached hydrogen (secondary N) is 1. The Hall–Kier alpha value is -1.12. The van der Waals surface area contributed by atoms with Crippen LogP contribution in [0.3, 0.4) is 0 Å². The van der Waals surface area contributed by atoms with Crippen LogP contribution in [-0.4, -0.2) is 46.7 Å². The van der Waals surface area contributed by atoms with Crippen LogP contribution in [0.2, 0.25) is 0 Å². The third-order valence-electron chi connectivity index (χ3n) is 2.67. The Morgan fingerprint density at radius 1 is 1.69 bits per heavy atom. The summed E-state index contributed by atoms with van der Waals surface area (Å²) in [6.07, 6.45) is 1.60. The summed E-state index contributed by atoms with van der Waals surface area (Å²) in [5.41, 5.74) is 4.51. The first-order valence-corrected chi connectivity index (χ1v) is 6.28. The lowest BCUT2D eigenvalue weighted by Gasteiger charge is -2.18. The molecule has 16 heavy (non-hydrogen) atoms. The maximum atomic E-state index is 12.1. The fraction of sp³-hybridized carbons (Fsp3) is 0.625. The van der Waals surface area contributed by atoms with Gasteiger partial charge in [-0.2, -0.15) is 9.40 Å². The van der Waals surface area contributed by atoms with Gasteiger partial charge in [0.05, 0.1) is 11.8 Å². The summed E-state index contributed by atoms with van der Waals surface area (Å²) in [5.74, 6) is 0.0199. The van der Waals surface area contributed by atoms with E-state index in [1.165, 1.54) is 10.5 Å². The van der Waals surface area contributed by atoms with E-state index in [1.807, 2.05) is 0 Å². The van der Waals surface area contributed by atoms with Gasteiger partial charge in [-0.15, -0.1) is 0 Å². The van der Waals surface area contributed by atoms with Gasteiger partial charge in [-0.1, -0.05) is 0 Å². The van der Waals surface area contributed by atoms with Gasteiger partial charge < -0.3 is 10.8 Å². The summed E-state index contributed by atoms with van der Waals surface area (Å²) < 4.78 is 25.4. The molecule has 1 aliphatic heterocycles. The molecular formula is C8H14N4O3S. The summed E-state index contributed by atoms with van der Waals surface area (Å²) in [6, 6.07) is 0. The maximum absolute atomic E-state index is 12.1. The van der Waals surface area contributed by atoms with Gasteiger partial charge in [0, 0.05) is 13.1 Å². The largest absolute Gasteiger partial charge is 0.389 e. The maximum Gasteiger partial charge on any atom is 0.248 e. The van der Waals surface area contributed by atoms with Crippen LogP contribution in [0.4, 0.5) is 5.82 Å². The van der Waals surface area contributed by atoms with Gasteiger partial charge in [0.25, 0.3) is 0 Å². The molecule has 0 saturated carbocycles. The number of aromatic amines is 1. The molecule has 90 valence electrons. The van der Waals surface area contributed by atoms with E-state index in [2.05, 4.69) is 10.2 Å². The Kier molecular flexibility index (Phi) is 2.44. The molecule has 1 atom stereocenters. The highest BCUT2D eigenvalue weighted by molar-refractivity contribution is 7.89. The third-order valence-corrected chi connectivity index (χ3v) is 4.54. The van der Waals surface area contributed by atoms with E-state index in [0.717, 1.165) is 0 Å². The van der Waals surface area contributed by atoms with Gasteiger partial charge in [0.15, 0.2) is 0 Å². The Balaban J connectivity index is 2.32. The predicted molar refractivity (Wildman–Crippen MR) is 57.0 cm³/mol. The van der Waals surface area contributed by atoms with Crippen LogP contribution in [0, 0.1) is 0 Å². The van der Waals surface area contributed by atoms with Crippen LogP contribution in [0.25, 0.3) is 0 Å². The van der Waals surface area contributed by atoms with Crippen molar-refractivity contribution in [3.05, 3.63) is 6.20 Å². The number of rotatable bonds is 2. The molecule has 0 spiro atoms. The molecule has 0 aromatic carbocycles. The molecule has 0 amide bonds. The minimum atomic E-state index is -3.64. The van der Waals surface area contributed by atoms with E-state index >= 15 is 0 Å². The fourth-order valence-electron chi connectivity index (χ4n) is 1.74. The molecule has 1 aromatic rings. The standard InChI is InChI=1S/C8H14N4O3S/c1-8(13)2-3-12(5-8)16(14,15)6-4-10-11-7(6)9/h4,13H,2-3,5H2,1H3,(H3,9,10,11). The Morgan fingerprint density at radius 2 is 2.38 bits per heavy atom. The number of aliphatic hydroxyl groups is 1. The number of nitrogen functional groups attached to an aromatic ring is 1. The molecule has 8 heteroatoms. The number of H-pyrrole nitrogens is 1. The molecule has 0 aliphatic carbocycles. The van der Waals surface area contributed by atoms with E-state index in [4.69, 9.17) is 5.73 Å². The summed E-state index contributed by atoms with van der Waals surface area (Å²) in [7, 11) is -3.64. The van der Waals surface area contributed by atoms with Crippen LogP contribution < -0.4 is 5.73 Å². The number of β-amino-alcohol motifs (C(OH)–C–C–N with tert-alkyl or cyclic N) is 1. The highest BCUT2D eigenvalue weighted by Gasteiger charge is 2.39. The zero-order chi connectivity index (χ0) is 12.0. The normalized spacial score (nSPS) is 27.4. The molecule has 7 nitrogen and oxygen atoms in total. The van der Waals surface area contributed by atoms with Crippen molar-refractivity contribution in [2.45, 2.75) is 23.8 Å². The first kappa shape index (κ1) is 11.4. The van der Waals surface area contributed by atoms with Gasteiger partial charge in [0.1, 0.15) is 10.7 Å². The van der Waals surface area contributed by atoms with Crippen molar-refractivity contribution in [1.29, 1.82) is 0 Å². The molecule has 1 aliphatic rings. The van der Waals surface area contributed by atoms with Crippen molar-refractivity contribution in [2.75, 3.05) is 18.8 Å². The number of aromatic nitrogens is 2. The molecule has 2 heterocycles. The van der Waals surface area contributed by atoms with Gasteiger partial charge >= 0.3 is 0 Å². The fourth-order valence-corrected chi connectivity index (χ4v) is 3.31. The highest BCUT2D eigenvalue weighted by atomic mass is 32.2. The number of nitrogens with two attached hydrogens (primary N) is 1. The number of anilines is 1. The van der Waals surface area contributed by atoms with Crippen LogP contribution in [0.5, 0.6) is 0 Å². The van der Waals surface area contributed by atoms with E-state index in [1.54, 1.807) is 6.92 Å². The monoisotopic (exact) mass is 246 g/mol. The minimum Gasteiger partial charge on any atom is -0.389 e. The average molecular weight is 246 g/mol. The van der Waals surface area contributed by atoms with Crippen molar-refractivity contribution >= 4 is 15.8 Å². The quantitative estimate of drug-likeness (QED) is 0.628. The van der Waals surface area contributed by atoms with E-state index in [0.29, 0.717) is 13.0 Å². The summed E-state index contributed by atoms with van der Waals surface area (Å²) in [6.45, 7) is 1.99. The number of nitrogens with zero attached hydrogens (tertiary/aromatic N) is 2. The molecule has 2 rings (SSSR count). The van der Waals surface area contributed by atoms with Gasteiger partial charge in [-0.05, 0) is 13.3 Å². The van der Waals surface area contributed by atoms with E-state index in [-0.39, 0.29) is 17.3 Å². The predicted octanol–water partition coefficient (Wildman–Crippen LogP) is -0.863. The number of hydrogen-bond acceptors (Lipinski definition) is 5. The van der Waals surface area contributed by atoms with Crippen molar-refractivity contribution in [3.63, 3.8) is 0 Å². The summed E-state index contributed by atoms with van der Waals surface area (Å²) in [4.78, 5) is -0.0369. The average Bonchev–Trinajstić information content (AvgIpc) is 2.72. The lowest BCUT2D eigenvalue weighted by Crippen LogP contribution is -2.34. The Bertz CT molecular complexity index is 493. The zero-order valence-electron chi connectivity index (χ0n) is 8.84. The SMILES string of the molecule is CC1(O)CCN(S(=O)(=O)c2cn[nH]c2N)C1. The first-order chi connectivity index (χ1) is 7.33. The van der Waals surface area contributed by atoms with E-state index in [9.17, 15) is 13.5 Å². The summed E-state index contributed by atoms with van der Waals surface area (Å²) in [5, 5.41) is 15.7. The van der Waals surface area contributed by atoms with Crippen molar-refractivity contribution in [2.24, 2.45) is 0 Å². The highest BCUT2D eigenvalue weighted by Crippen LogP contribution is 2.28. The molecule has 1 fully saturated rings. The third kappa shape index (κ3) is 1.79. The molecular weight excluding hydrogens is 232 g/mol. The lowest BCUT2D eigenvalue weighted by molar-refractivity contribution is 0.0762. The second-order valence-corrected chi connectivity index (χ2v) is 6.14. The van der Waals surface area contributed by atoms with Crippen LogP contribution in [-0.2, 0) is 10.0 Å². The van der Waals surface area contributed by atoms with Crippen LogP contribution >= 0.6 is 0 Å². The molecule has 0 bridgehead atoms. The second kappa shape index (κ2) is 3.44. The molecule has 1 aromatic heterocycles. The minimum absolute atomic E-state index is 0.0199. The topological polar surface area (TPSA) is 112 Å². The van der Waals surface area contributed by atoms with Crippen molar-refractivity contribution < 1.29 is 13.5 Å².